The van der Waals surface area contributed by atoms with Crippen LogP contribution >= 0.6 is 23.2 Å². The van der Waals surface area contributed by atoms with Gasteiger partial charge in [0.2, 0.25) is 5.95 Å². The molecule has 3 aromatic rings. The van der Waals surface area contributed by atoms with Crippen LogP contribution in [0.3, 0.4) is 0 Å². The summed E-state index contributed by atoms with van der Waals surface area (Å²) >= 11 is 12.5. The number of aliphatic hydroxyl groups excluding tert-OH is 1. The van der Waals surface area contributed by atoms with E-state index >= 15 is 0 Å². The van der Waals surface area contributed by atoms with Gasteiger partial charge in [0.25, 0.3) is 0 Å². The van der Waals surface area contributed by atoms with Crippen LogP contribution in [0.1, 0.15) is 6.92 Å². The molecule has 0 radical (unpaired) electrons. The van der Waals surface area contributed by atoms with Gasteiger partial charge in [-0.05, 0) is 19.1 Å². The second-order valence-corrected chi connectivity index (χ2v) is 6.59. The summed E-state index contributed by atoms with van der Waals surface area (Å²) in [6, 6.07) is 16.7. The fourth-order valence-electron chi connectivity index (χ4n) is 2.34. The van der Waals surface area contributed by atoms with Crippen molar-refractivity contribution in [2.75, 3.05) is 17.2 Å². The zero-order valence-electron chi connectivity index (χ0n) is 14.1. The molecule has 0 aliphatic rings. The van der Waals surface area contributed by atoms with E-state index in [1.807, 2.05) is 43.3 Å². The maximum Gasteiger partial charge on any atom is 0.225 e. The number of aromatic nitrogens is 2. The van der Waals surface area contributed by atoms with E-state index in [1.165, 1.54) is 0 Å². The summed E-state index contributed by atoms with van der Waals surface area (Å²) in [6.45, 7) is 1.81. The molecule has 0 aliphatic heterocycles. The van der Waals surface area contributed by atoms with Gasteiger partial charge in [-0.25, -0.2) is 4.98 Å². The molecule has 1 atom stereocenters. The van der Waals surface area contributed by atoms with Crippen LogP contribution in [0, 0.1) is 0 Å². The lowest BCUT2D eigenvalue weighted by Crippen LogP contribution is -2.21. The van der Waals surface area contributed by atoms with Crippen LogP contribution in [-0.4, -0.2) is 27.7 Å². The van der Waals surface area contributed by atoms with Gasteiger partial charge >= 0.3 is 0 Å². The first-order chi connectivity index (χ1) is 12.6. The molecule has 1 aromatic heterocycles. The van der Waals surface area contributed by atoms with Crippen LogP contribution in [0.15, 0.2) is 54.6 Å². The van der Waals surface area contributed by atoms with Gasteiger partial charge in [0, 0.05) is 17.7 Å². The largest absolute Gasteiger partial charge is 0.394 e. The Hall–Kier alpha value is -2.34. The number of rotatable bonds is 6. The maximum atomic E-state index is 9.29. The Morgan fingerprint density at radius 3 is 2.35 bits per heavy atom. The summed E-state index contributed by atoms with van der Waals surface area (Å²) in [5.74, 6) is 0.945. The molecule has 0 spiro atoms. The second-order valence-electron chi connectivity index (χ2n) is 5.78. The Bertz CT molecular complexity index is 870. The Balaban J connectivity index is 2.02. The lowest BCUT2D eigenvalue weighted by atomic mass is 10.1. The van der Waals surface area contributed by atoms with Crippen molar-refractivity contribution in [1.29, 1.82) is 0 Å². The predicted octanol–water partition coefficient (Wildman–Crippen LogP) is 4.99. The van der Waals surface area contributed by atoms with Gasteiger partial charge in [-0.3, -0.25) is 0 Å². The molecule has 0 saturated carbocycles. The Kier molecular flexibility index (Phi) is 5.93. The third-order valence-electron chi connectivity index (χ3n) is 3.66. The van der Waals surface area contributed by atoms with E-state index in [2.05, 4.69) is 20.6 Å². The standard InChI is InChI=1S/C19H18Cl2N4O/c1-12(11-26)22-19-23-16(13-6-3-2-4-7-13)10-17(25-19)24-18-14(20)8-5-9-15(18)21/h2-10,12,26H,11H2,1H3,(H2,22,23,24,25)/t12-/m1/s1. The van der Waals surface area contributed by atoms with Crippen molar-refractivity contribution >= 4 is 40.7 Å². The number of benzene rings is 2. The molecule has 7 heteroatoms. The van der Waals surface area contributed by atoms with Gasteiger partial charge in [-0.15, -0.1) is 0 Å². The summed E-state index contributed by atoms with van der Waals surface area (Å²) in [6.07, 6.45) is 0. The van der Waals surface area contributed by atoms with Crippen LogP contribution < -0.4 is 10.6 Å². The first-order valence-electron chi connectivity index (χ1n) is 8.09. The number of halogens is 2. The number of hydrogen-bond acceptors (Lipinski definition) is 5. The molecule has 2 aromatic carbocycles. The van der Waals surface area contributed by atoms with Crippen molar-refractivity contribution in [3.63, 3.8) is 0 Å². The Morgan fingerprint density at radius 2 is 1.69 bits per heavy atom. The highest BCUT2D eigenvalue weighted by molar-refractivity contribution is 6.39. The summed E-state index contributed by atoms with van der Waals surface area (Å²) in [5, 5.41) is 16.5. The SMILES string of the molecule is C[C@H](CO)Nc1nc(Nc2c(Cl)cccc2Cl)cc(-c2ccccc2)n1. The molecule has 1 heterocycles. The van der Waals surface area contributed by atoms with Crippen LogP contribution in [0.25, 0.3) is 11.3 Å². The summed E-state index contributed by atoms with van der Waals surface area (Å²) in [5.41, 5.74) is 2.26. The Morgan fingerprint density at radius 1 is 1.00 bits per heavy atom. The number of anilines is 3. The van der Waals surface area contributed by atoms with Gasteiger partial charge in [-0.2, -0.15) is 4.98 Å². The molecule has 0 saturated heterocycles. The molecule has 0 bridgehead atoms. The minimum atomic E-state index is -0.183. The average Bonchev–Trinajstić information content (AvgIpc) is 2.65. The van der Waals surface area contributed by atoms with Crippen molar-refractivity contribution in [3.8, 4) is 11.3 Å². The van der Waals surface area contributed by atoms with E-state index in [0.29, 0.717) is 27.5 Å². The predicted molar refractivity (Wildman–Crippen MR) is 107 cm³/mol. The number of para-hydroxylation sites is 1. The topological polar surface area (TPSA) is 70.1 Å². The summed E-state index contributed by atoms with van der Waals surface area (Å²) in [7, 11) is 0. The molecule has 0 amide bonds. The lowest BCUT2D eigenvalue weighted by molar-refractivity contribution is 0.281. The third kappa shape index (κ3) is 4.43. The lowest BCUT2D eigenvalue weighted by Gasteiger charge is -2.15. The summed E-state index contributed by atoms with van der Waals surface area (Å²) < 4.78 is 0. The van der Waals surface area contributed by atoms with E-state index in [1.54, 1.807) is 18.2 Å². The molecule has 0 unspecified atom stereocenters. The average molecular weight is 389 g/mol. The van der Waals surface area contributed by atoms with Gasteiger partial charge < -0.3 is 15.7 Å². The smallest absolute Gasteiger partial charge is 0.225 e. The molecule has 134 valence electrons. The highest BCUT2D eigenvalue weighted by Gasteiger charge is 2.12. The molecular weight excluding hydrogens is 371 g/mol. The first kappa shape index (κ1) is 18.5. The van der Waals surface area contributed by atoms with Crippen molar-refractivity contribution in [2.24, 2.45) is 0 Å². The van der Waals surface area contributed by atoms with Crippen LogP contribution in [0.2, 0.25) is 10.0 Å². The van der Waals surface area contributed by atoms with Gasteiger partial charge in [0.05, 0.1) is 28.0 Å². The maximum absolute atomic E-state index is 9.29. The Labute approximate surface area is 162 Å². The quantitative estimate of drug-likeness (QED) is 0.554. The highest BCUT2D eigenvalue weighted by atomic mass is 35.5. The summed E-state index contributed by atoms with van der Waals surface area (Å²) in [4.78, 5) is 9.00. The molecule has 3 N–H and O–H groups in total. The van der Waals surface area contributed by atoms with Crippen molar-refractivity contribution in [2.45, 2.75) is 13.0 Å². The minimum Gasteiger partial charge on any atom is -0.394 e. The van der Waals surface area contributed by atoms with Crippen molar-refractivity contribution in [3.05, 3.63) is 64.6 Å². The number of hydrogen-bond donors (Lipinski definition) is 3. The molecule has 3 rings (SSSR count). The van der Waals surface area contributed by atoms with E-state index in [4.69, 9.17) is 23.2 Å². The fraction of sp³-hybridized carbons (Fsp3) is 0.158. The monoisotopic (exact) mass is 388 g/mol. The zero-order valence-corrected chi connectivity index (χ0v) is 15.6. The van der Waals surface area contributed by atoms with E-state index in [0.717, 1.165) is 11.3 Å². The van der Waals surface area contributed by atoms with Crippen molar-refractivity contribution in [1.82, 2.24) is 9.97 Å². The number of nitrogens with zero attached hydrogens (tertiary/aromatic N) is 2. The molecule has 26 heavy (non-hydrogen) atoms. The second kappa shape index (κ2) is 8.36. The number of aliphatic hydroxyl groups is 1. The fourth-order valence-corrected chi connectivity index (χ4v) is 2.84. The van der Waals surface area contributed by atoms with Crippen LogP contribution in [-0.2, 0) is 0 Å². The normalized spacial score (nSPS) is 11.8. The van der Waals surface area contributed by atoms with E-state index in [-0.39, 0.29) is 12.6 Å². The first-order valence-corrected chi connectivity index (χ1v) is 8.85. The molecule has 5 nitrogen and oxygen atoms in total. The van der Waals surface area contributed by atoms with Crippen LogP contribution in [0.5, 0.6) is 0 Å². The number of nitrogens with one attached hydrogen (secondary N) is 2. The minimum absolute atomic E-state index is 0.0297. The zero-order chi connectivity index (χ0) is 18.5. The van der Waals surface area contributed by atoms with Crippen molar-refractivity contribution < 1.29 is 5.11 Å². The van der Waals surface area contributed by atoms with E-state index < -0.39 is 0 Å². The van der Waals surface area contributed by atoms with Gasteiger partial charge in [-0.1, -0.05) is 59.6 Å². The van der Waals surface area contributed by atoms with Gasteiger partial charge in [0.1, 0.15) is 5.82 Å². The van der Waals surface area contributed by atoms with Crippen LogP contribution in [0.4, 0.5) is 17.5 Å². The highest BCUT2D eigenvalue weighted by Crippen LogP contribution is 2.33. The van der Waals surface area contributed by atoms with Gasteiger partial charge in [0.15, 0.2) is 0 Å². The van der Waals surface area contributed by atoms with E-state index in [9.17, 15) is 5.11 Å². The molecule has 0 fully saturated rings. The molecular formula is C19H18Cl2N4O. The molecule has 0 aliphatic carbocycles. The third-order valence-corrected chi connectivity index (χ3v) is 4.29.